The van der Waals surface area contributed by atoms with E-state index in [1.807, 2.05) is 0 Å². The third kappa shape index (κ3) is 3.14. The number of aryl methyl sites for hydroxylation is 1. The molecule has 0 aromatic heterocycles. The number of rotatable bonds is 5. The maximum absolute atomic E-state index is 13.7. The molecule has 118 valence electrons. The van der Waals surface area contributed by atoms with E-state index in [9.17, 15) is 12.8 Å². The molecule has 5 nitrogen and oxygen atoms in total. The quantitative estimate of drug-likeness (QED) is 0.918. The molecule has 7 heteroatoms. The van der Waals surface area contributed by atoms with Gasteiger partial charge in [-0.05, 0) is 30.7 Å². The average Bonchev–Trinajstić information content (AvgIpc) is 2.48. The minimum Gasteiger partial charge on any atom is -0.493 e. The summed E-state index contributed by atoms with van der Waals surface area (Å²) in [6, 6.07) is 8.31. The van der Waals surface area contributed by atoms with Gasteiger partial charge in [-0.15, -0.1) is 0 Å². The zero-order valence-corrected chi connectivity index (χ0v) is 13.2. The summed E-state index contributed by atoms with van der Waals surface area (Å²) < 4.78 is 51.0. The second kappa shape index (κ2) is 6.23. The van der Waals surface area contributed by atoms with E-state index < -0.39 is 20.7 Å². The molecule has 22 heavy (non-hydrogen) atoms. The molecule has 0 aliphatic heterocycles. The van der Waals surface area contributed by atoms with E-state index >= 15 is 0 Å². The Labute approximate surface area is 128 Å². The minimum absolute atomic E-state index is 0.293. The van der Waals surface area contributed by atoms with Crippen LogP contribution in [0.4, 0.5) is 10.1 Å². The number of halogens is 1. The second-order valence-electron chi connectivity index (χ2n) is 4.56. The molecule has 2 rings (SSSR count). The van der Waals surface area contributed by atoms with Crippen LogP contribution < -0.4 is 14.2 Å². The topological polar surface area (TPSA) is 64.6 Å². The molecule has 1 N–H and O–H groups in total. The SMILES string of the molecule is COc1cc(C)c(NS(=O)(=O)c2ccccc2F)cc1OC. The van der Waals surface area contributed by atoms with Crippen molar-refractivity contribution in [2.75, 3.05) is 18.9 Å². The lowest BCUT2D eigenvalue weighted by molar-refractivity contribution is 0.355. The summed E-state index contributed by atoms with van der Waals surface area (Å²) in [5, 5.41) is 0. The van der Waals surface area contributed by atoms with Crippen molar-refractivity contribution in [2.24, 2.45) is 0 Å². The third-order valence-corrected chi connectivity index (χ3v) is 4.50. The largest absolute Gasteiger partial charge is 0.493 e. The maximum atomic E-state index is 13.7. The molecule has 0 saturated carbocycles. The number of methoxy groups -OCH3 is 2. The number of benzene rings is 2. The summed E-state index contributed by atoms with van der Waals surface area (Å²) >= 11 is 0. The smallest absolute Gasteiger partial charge is 0.264 e. The highest BCUT2D eigenvalue weighted by atomic mass is 32.2. The first-order valence-electron chi connectivity index (χ1n) is 6.39. The zero-order chi connectivity index (χ0) is 16.3. The van der Waals surface area contributed by atoms with Gasteiger partial charge in [0.2, 0.25) is 0 Å². The van der Waals surface area contributed by atoms with Crippen molar-refractivity contribution >= 4 is 15.7 Å². The van der Waals surface area contributed by atoms with Gasteiger partial charge in [0.05, 0.1) is 19.9 Å². The Bertz CT molecular complexity index is 790. The molecule has 0 bridgehead atoms. The van der Waals surface area contributed by atoms with Gasteiger partial charge in [0, 0.05) is 6.07 Å². The van der Waals surface area contributed by atoms with Crippen LogP contribution in [0, 0.1) is 12.7 Å². The lowest BCUT2D eigenvalue weighted by Gasteiger charge is -2.14. The highest BCUT2D eigenvalue weighted by molar-refractivity contribution is 7.92. The van der Waals surface area contributed by atoms with E-state index in [2.05, 4.69) is 4.72 Å². The Kier molecular flexibility index (Phi) is 4.56. The van der Waals surface area contributed by atoms with E-state index in [4.69, 9.17) is 9.47 Å². The normalized spacial score (nSPS) is 11.1. The van der Waals surface area contributed by atoms with Crippen LogP contribution in [0.15, 0.2) is 41.3 Å². The van der Waals surface area contributed by atoms with Crippen LogP contribution in [0.25, 0.3) is 0 Å². The van der Waals surface area contributed by atoms with Crippen molar-refractivity contribution < 1.29 is 22.3 Å². The molecule has 0 fully saturated rings. The molecule has 2 aromatic carbocycles. The summed E-state index contributed by atoms with van der Waals surface area (Å²) in [7, 11) is -1.10. The van der Waals surface area contributed by atoms with Gasteiger partial charge < -0.3 is 9.47 Å². The first-order chi connectivity index (χ1) is 10.4. The number of hydrogen-bond acceptors (Lipinski definition) is 4. The Morgan fingerprint density at radius 1 is 1.05 bits per heavy atom. The number of sulfonamides is 1. The van der Waals surface area contributed by atoms with Gasteiger partial charge in [-0.3, -0.25) is 4.72 Å². The van der Waals surface area contributed by atoms with Crippen LogP contribution in [0.2, 0.25) is 0 Å². The molecule has 0 amide bonds. The van der Waals surface area contributed by atoms with Gasteiger partial charge in [-0.25, -0.2) is 12.8 Å². The Hall–Kier alpha value is -2.28. The summed E-state index contributed by atoms with van der Waals surface area (Å²) in [6.45, 7) is 1.71. The molecular weight excluding hydrogens is 309 g/mol. The van der Waals surface area contributed by atoms with Gasteiger partial charge in [0.25, 0.3) is 10.0 Å². The fourth-order valence-electron chi connectivity index (χ4n) is 1.95. The lowest BCUT2D eigenvalue weighted by atomic mass is 10.2. The van der Waals surface area contributed by atoms with E-state index in [-0.39, 0.29) is 0 Å². The molecule has 0 atom stereocenters. The molecule has 2 aromatic rings. The van der Waals surface area contributed by atoms with Crippen molar-refractivity contribution in [3.8, 4) is 11.5 Å². The predicted molar refractivity (Wildman–Crippen MR) is 81.5 cm³/mol. The number of nitrogens with one attached hydrogen (secondary N) is 1. The number of anilines is 1. The molecule has 0 aliphatic rings. The van der Waals surface area contributed by atoms with Crippen molar-refractivity contribution in [1.29, 1.82) is 0 Å². The maximum Gasteiger partial charge on any atom is 0.264 e. The summed E-state index contributed by atoms with van der Waals surface area (Å²) in [6.07, 6.45) is 0. The van der Waals surface area contributed by atoms with Crippen LogP contribution in [0.3, 0.4) is 0 Å². The standard InChI is InChI=1S/C15H16FNO4S/c1-10-8-13(20-2)14(21-3)9-12(10)17-22(18,19)15-7-5-4-6-11(15)16/h4-9,17H,1-3H3. The van der Waals surface area contributed by atoms with Gasteiger partial charge in [0.1, 0.15) is 10.7 Å². The lowest BCUT2D eigenvalue weighted by Crippen LogP contribution is -2.15. The van der Waals surface area contributed by atoms with E-state index in [1.54, 1.807) is 13.0 Å². The molecule has 0 heterocycles. The Morgan fingerprint density at radius 2 is 1.64 bits per heavy atom. The molecule has 0 aliphatic carbocycles. The van der Waals surface area contributed by atoms with E-state index in [0.29, 0.717) is 22.7 Å². The predicted octanol–water partition coefficient (Wildman–Crippen LogP) is 2.95. The van der Waals surface area contributed by atoms with Gasteiger partial charge in [-0.1, -0.05) is 12.1 Å². The van der Waals surface area contributed by atoms with Crippen LogP contribution >= 0.6 is 0 Å². The monoisotopic (exact) mass is 325 g/mol. The molecule has 0 unspecified atom stereocenters. The van der Waals surface area contributed by atoms with Crippen LogP contribution in [-0.2, 0) is 10.0 Å². The molecular formula is C15H16FNO4S. The van der Waals surface area contributed by atoms with Crippen molar-refractivity contribution in [2.45, 2.75) is 11.8 Å². The van der Waals surface area contributed by atoms with E-state index in [0.717, 1.165) is 6.07 Å². The highest BCUT2D eigenvalue weighted by Crippen LogP contribution is 2.34. The fourth-order valence-corrected chi connectivity index (χ4v) is 3.15. The van der Waals surface area contributed by atoms with Crippen LogP contribution in [0.5, 0.6) is 11.5 Å². The minimum atomic E-state index is -4.03. The molecule has 0 saturated heterocycles. The van der Waals surface area contributed by atoms with Crippen molar-refractivity contribution in [1.82, 2.24) is 0 Å². The van der Waals surface area contributed by atoms with Crippen LogP contribution in [-0.4, -0.2) is 22.6 Å². The number of hydrogen-bond donors (Lipinski definition) is 1. The number of ether oxygens (including phenoxy) is 2. The summed E-state index contributed by atoms with van der Waals surface area (Å²) in [5.41, 5.74) is 0.915. The zero-order valence-electron chi connectivity index (χ0n) is 12.4. The van der Waals surface area contributed by atoms with Gasteiger partial charge in [0.15, 0.2) is 11.5 Å². The van der Waals surface area contributed by atoms with E-state index in [1.165, 1.54) is 38.5 Å². The summed E-state index contributed by atoms with van der Waals surface area (Å²) in [5.74, 6) is 0.0429. The van der Waals surface area contributed by atoms with Gasteiger partial charge in [-0.2, -0.15) is 0 Å². The Balaban J connectivity index is 2.44. The fraction of sp³-hybridized carbons (Fsp3) is 0.200. The van der Waals surface area contributed by atoms with Crippen LogP contribution in [0.1, 0.15) is 5.56 Å². The first kappa shape index (κ1) is 16.1. The highest BCUT2D eigenvalue weighted by Gasteiger charge is 2.20. The third-order valence-electron chi connectivity index (χ3n) is 3.10. The average molecular weight is 325 g/mol. The van der Waals surface area contributed by atoms with Crippen molar-refractivity contribution in [3.05, 3.63) is 47.8 Å². The summed E-state index contributed by atoms with van der Waals surface area (Å²) in [4.78, 5) is -0.413. The first-order valence-corrected chi connectivity index (χ1v) is 7.87. The molecule has 0 radical (unpaired) electrons. The van der Waals surface area contributed by atoms with Crippen molar-refractivity contribution in [3.63, 3.8) is 0 Å². The van der Waals surface area contributed by atoms with Gasteiger partial charge >= 0.3 is 0 Å². The second-order valence-corrected chi connectivity index (χ2v) is 6.21. The Morgan fingerprint density at radius 3 is 2.23 bits per heavy atom. The molecule has 0 spiro atoms.